The van der Waals surface area contributed by atoms with E-state index in [1.165, 1.54) is 22.2 Å². The number of amides is 4. The molecule has 6 heterocycles. The number of hydrogen-bond acceptors (Lipinski definition) is 8. The zero-order valence-corrected chi connectivity index (χ0v) is 23.7. The summed E-state index contributed by atoms with van der Waals surface area (Å²) >= 11 is 0. The Morgan fingerprint density at radius 2 is 0.929 bits per heavy atom. The van der Waals surface area contributed by atoms with Crippen LogP contribution < -0.4 is 0 Å². The van der Waals surface area contributed by atoms with E-state index in [1.807, 2.05) is 0 Å². The smallest absolute Gasteiger partial charge is 0.273 e. The molecule has 5 aromatic rings. The van der Waals surface area contributed by atoms with Gasteiger partial charge < -0.3 is 0 Å². The van der Waals surface area contributed by atoms with E-state index in [1.54, 1.807) is 12.4 Å². The van der Waals surface area contributed by atoms with Gasteiger partial charge in [0, 0.05) is 70.2 Å². The van der Waals surface area contributed by atoms with Crippen LogP contribution in [0.1, 0.15) is 107 Å². The lowest BCUT2D eigenvalue weighted by Gasteiger charge is -2.28. The maximum Gasteiger partial charge on any atom is 0.279 e. The Morgan fingerprint density at radius 3 is 1.33 bits per heavy atom. The number of benzene rings is 1. The highest BCUT2D eigenvalue weighted by Crippen LogP contribution is 2.43. The monoisotopic (exact) mass is 562 g/mol. The highest BCUT2D eigenvalue weighted by atomic mass is 16.2. The van der Waals surface area contributed by atoms with E-state index in [-0.39, 0.29) is 23.2 Å². The summed E-state index contributed by atoms with van der Waals surface area (Å²) in [6, 6.07) is 0. The molecule has 4 aromatic heterocycles. The molecule has 0 N–H and O–H groups in total. The van der Waals surface area contributed by atoms with Gasteiger partial charge in [0.25, 0.3) is 23.6 Å². The first-order valence-electron chi connectivity index (χ1n) is 14.8. The quantitative estimate of drug-likeness (QED) is 0.0922. The van der Waals surface area contributed by atoms with E-state index < -0.39 is 11.8 Å². The van der Waals surface area contributed by atoms with Crippen molar-refractivity contribution >= 4 is 67.0 Å². The van der Waals surface area contributed by atoms with Crippen LogP contribution in [-0.4, -0.2) is 66.5 Å². The number of nitrogens with zero attached hydrogens (tertiary/aromatic N) is 6. The second-order valence-corrected chi connectivity index (χ2v) is 11.2. The van der Waals surface area contributed by atoms with E-state index in [0.717, 1.165) is 51.4 Å². The molecule has 1 aromatic carbocycles. The molecule has 0 atom stereocenters. The largest absolute Gasteiger partial charge is 0.279 e. The van der Waals surface area contributed by atoms with E-state index in [9.17, 15) is 19.2 Å². The third-order valence-electron chi connectivity index (χ3n) is 8.64. The lowest BCUT2D eigenvalue weighted by Crippen LogP contribution is -2.41. The van der Waals surface area contributed by atoms with Gasteiger partial charge in [-0.1, -0.05) is 52.4 Å². The molecule has 0 aliphatic carbocycles. The van der Waals surface area contributed by atoms with Crippen molar-refractivity contribution < 1.29 is 19.2 Å². The SMILES string of the molecule is CCCCCCN1C(=O)c2cnc3c4cnc5c6c(cnc(c7cnc(c2c73)C1=O)c64)C(=O)N(CCCCCC)C5=O. The summed E-state index contributed by atoms with van der Waals surface area (Å²) < 4.78 is 0. The molecule has 7 rings (SSSR count). The Balaban J connectivity index is 1.40. The van der Waals surface area contributed by atoms with Gasteiger partial charge >= 0.3 is 0 Å². The van der Waals surface area contributed by atoms with Crippen LogP contribution in [-0.2, 0) is 0 Å². The van der Waals surface area contributed by atoms with E-state index in [0.29, 0.717) is 67.6 Å². The minimum Gasteiger partial charge on any atom is -0.273 e. The number of hydrogen-bond donors (Lipinski definition) is 0. The minimum absolute atomic E-state index is 0.216. The Morgan fingerprint density at radius 1 is 0.500 bits per heavy atom. The van der Waals surface area contributed by atoms with Gasteiger partial charge in [0.1, 0.15) is 11.4 Å². The van der Waals surface area contributed by atoms with Crippen LogP contribution in [0, 0.1) is 0 Å². The van der Waals surface area contributed by atoms with Crippen molar-refractivity contribution in [1.82, 2.24) is 29.7 Å². The first kappa shape index (κ1) is 26.3. The summed E-state index contributed by atoms with van der Waals surface area (Å²) in [5.74, 6) is -1.58. The van der Waals surface area contributed by atoms with Crippen molar-refractivity contribution in [3.05, 3.63) is 47.3 Å². The Hall–Kier alpha value is -4.60. The number of carbonyl (C=O) groups excluding carboxylic acids is 4. The molecule has 4 amide bonds. The van der Waals surface area contributed by atoms with Crippen LogP contribution in [0.2, 0.25) is 0 Å². The van der Waals surface area contributed by atoms with Crippen molar-refractivity contribution in [2.45, 2.75) is 65.2 Å². The second-order valence-electron chi connectivity index (χ2n) is 11.2. The standard InChI is InChI=1S/C32H30N6O4/c1-3-5-7-9-11-37-29(39)19-15-33-25-18-14-36-28-24-20(30(40)38(32(28)42)12-10-8-6-4-2)16-34-26(22(18)24)17-13-35-27(31(37)41)23(19)21(17)25/h13-16H,3-12H2,1-2H3. The molecule has 0 radical (unpaired) electrons. The predicted octanol–water partition coefficient (Wildman–Crippen LogP) is 5.67. The number of aromatic nitrogens is 4. The molecular formula is C32H30N6O4. The maximum absolute atomic E-state index is 13.5. The van der Waals surface area contributed by atoms with Gasteiger partial charge in [0.2, 0.25) is 0 Å². The van der Waals surface area contributed by atoms with E-state index >= 15 is 0 Å². The van der Waals surface area contributed by atoms with Gasteiger partial charge in [0.05, 0.1) is 22.2 Å². The van der Waals surface area contributed by atoms with E-state index in [2.05, 4.69) is 23.8 Å². The van der Waals surface area contributed by atoms with Crippen molar-refractivity contribution in [2.75, 3.05) is 13.1 Å². The summed E-state index contributed by atoms with van der Waals surface area (Å²) in [6.07, 6.45) is 13.7. The molecule has 0 saturated carbocycles. The highest BCUT2D eigenvalue weighted by Gasteiger charge is 2.38. The lowest BCUT2D eigenvalue weighted by atomic mass is 9.90. The Labute approximate surface area is 241 Å². The average Bonchev–Trinajstić information content (AvgIpc) is 3.01. The van der Waals surface area contributed by atoms with Crippen LogP contribution in [0.3, 0.4) is 0 Å². The summed E-state index contributed by atoms with van der Waals surface area (Å²) in [5, 5.41) is 3.36. The zero-order chi connectivity index (χ0) is 29.1. The topological polar surface area (TPSA) is 126 Å². The third kappa shape index (κ3) is 3.63. The van der Waals surface area contributed by atoms with Crippen molar-refractivity contribution in [1.29, 1.82) is 0 Å². The van der Waals surface area contributed by atoms with Crippen molar-refractivity contribution in [2.24, 2.45) is 0 Å². The number of unbranched alkanes of at least 4 members (excludes halogenated alkanes) is 6. The predicted molar refractivity (Wildman–Crippen MR) is 158 cm³/mol. The molecule has 2 aliphatic heterocycles. The molecule has 0 fully saturated rings. The molecule has 0 bridgehead atoms. The molecule has 0 unspecified atom stereocenters. The molecule has 0 spiro atoms. The van der Waals surface area contributed by atoms with E-state index in [4.69, 9.17) is 9.97 Å². The molecule has 10 nitrogen and oxygen atoms in total. The van der Waals surface area contributed by atoms with Gasteiger partial charge in [-0.2, -0.15) is 0 Å². The highest BCUT2D eigenvalue weighted by molar-refractivity contribution is 6.38. The summed E-state index contributed by atoms with van der Waals surface area (Å²) in [6.45, 7) is 4.89. The van der Waals surface area contributed by atoms with Gasteiger partial charge in [-0.05, 0) is 12.8 Å². The van der Waals surface area contributed by atoms with Crippen LogP contribution in [0.25, 0.3) is 43.4 Å². The second kappa shape index (κ2) is 10.0. The fourth-order valence-corrected chi connectivity index (χ4v) is 6.50. The summed E-state index contributed by atoms with van der Waals surface area (Å²) in [7, 11) is 0. The molecule has 10 heteroatoms. The van der Waals surface area contributed by atoms with Gasteiger partial charge in [-0.3, -0.25) is 38.9 Å². The number of pyridine rings is 4. The zero-order valence-electron chi connectivity index (χ0n) is 23.7. The number of carbonyl (C=O) groups is 4. The minimum atomic E-state index is -0.412. The molecule has 0 saturated heterocycles. The number of fused-ring (bicyclic) bond motifs is 2. The molecule has 212 valence electrons. The molecule has 42 heavy (non-hydrogen) atoms. The van der Waals surface area contributed by atoms with Crippen LogP contribution in [0.15, 0.2) is 24.8 Å². The van der Waals surface area contributed by atoms with Gasteiger partial charge in [-0.25, -0.2) is 9.97 Å². The van der Waals surface area contributed by atoms with Gasteiger partial charge in [-0.15, -0.1) is 0 Å². The summed E-state index contributed by atoms with van der Waals surface area (Å²) in [5.41, 5.74) is 2.15. The number of imide groups is 2. The third-order valence-corrected chi connectivity index (χ3v) is 8.64. The normalized spacial score (nSPS) is 15.0. The fourth-order valence-electron chi connectivity index (χ4n) is 6.50. The van der Waals surface area contributed by atoms with Gasteiger partial charge in [0.15, 0.2) is 0 Å². The Kier molecular flexibility index (Phi) is 6.29. The fraction of sp³-hybridized carbons (Fsp3) is 0.375. The first-order valence-corrected chi connectivity index (χ1v) is 14.8. The average molecular weight is 563 g/mol. The Bertz CT molecular complexity index is 1710. The van der Waals surface area contributed by atoms with Crippen LogP contribution >= 0.6 is 0 Å². The summed E-state index contributed by atoms with van der Waals surface area (Å²) in [4.78, 5) is 75.1. The lowest BCUT2D eigenvalue weighted by molar-refractivity contribution is 0.0588. The van der Waals surface area contributed by atoms with Crippen LogP contribution in [0.5, 0.6) is 0 Å². The van der Waals surface area contributed by atoms with Crippen molar-refractivity contribution in [3.63, 3.8) is 0 Å². The van der Waals surface area contributed by atoms with Crippen molar-refractivity contribution in [3.8, 4) is 0 Å². The molecular weight excluding hydrogens is 532 g/mol. The van der Waals surface area contributed by atoms with Crippen LogP contribution in [0.4, 0.5) is 0 Å². The maximum atomic E-state index is 13.5. The first-order chi connectivity index (χ1) is 20.5. The molecule has 2 aliphatic rings. The number of rotatable bonds is 10.